The molecule has 1 aromatic heterocycles. The lowest BCUT2D eigenvalue weighted by molar-refractivity contribution is 0.282. The Hall–Kier alpha value is -2.10. The lowest BCUT2D eigenvalue weighted by atomic mass is 9.93. The molecule has 18 heavy (non-hydrogen) atoms. The normalized spacial score (nSPS) is 12.9. The Morgan fingerprint density at radius 2 is 2.00 bits per heavy atom. The summed E-state index contributed by atoms with van der Waals surface area (Å²) in [5.41, 5.74) is 0.908. The molecule has 0 atom stereocenters. The third-order valence-corrected chi connectivity index (χ3v) is 2.67. The number of fused-ring (bicyclic) bond motifs is 1. The zero-order valence-electron chi connectivity index (χ0n) is 10.7. The first-order valence-corrected chi connectivity index (χ1v) is 5.78. The van der Waals surface area contributed by atoms with Gasteiger partial charge in [0.1, 0.15) is 5.69 Å². The first kappa shape index (κ1) is 12.4. The van der Waals surface area contributed by atoms with Gasteiger partial charge in [0.25, 0.3) is 5.56 Å². The molecule has 1 aromatic carbocycles. The van der Waals surface area contributed by atoms with E-state index in [1.165, 1.54) is 6.08 Å². The summed E-state index contributed by atoms with van der Waals surface area (Å²) in [5, 5.41) is 9.90. The Balaban J connectivity index is 2.59. The number of allylic oxidation sites excluding steroid dienone is 1. The van der Waals surface area contributed by atoms with Crippen molar-refractivity contribution in [3.63, 3.8) is 0 Å². The first-order chi connectivity index (χ1) is 8.38. The van der Waals surface area contributed by atoms with Gasteiger partial charge in [-0.1, -0.05) is 32.9 Å². The molecule has 2 N–H and O–H groups in total. The number of nitrogens with one attached hydrogen (secondary N) is 1. The van der Waals surface area contributed by atoms with Crippen LogP contribution in [0.1, 0.15) is 26.5 Å². The number of aliphatic hydroxyl groups excluding tert-OH is 1. The SMILES string of the molecule is CC(C)(C)/C(O)=C/c1nc2ccccc2[nH]c1=O. The summed E-state index contributed by atoms with van der Waals surface area (Å²) < 4.78 is 0. The lowest BCUT2D eigenvalue weighted by Crippen LogP contribution is -2.14. The Morgan fingerprint density at radius 3 is 2.67 bits per heavy atom. The molecule has 0 aliphatic carbocycles. The Bertz CT molecular complexity index is 663. The molecule has 4 nitrogen and oxygen atoms in total. The van der Waals surface area contributed by atoms with Gasteiger partial charge >= 0.3 is 0 Å². The van der Waals surface area contributed by atoms with Gasteiger partial charge in [-0.2, -0.15) is 0 Å². The predicted molar refractivity (Wildman–Crippen MR) is 72.4 cm³/mol. The van der Waals surface area contributed by atoms with Gasteiger partial charge in [0, 0.05) is 11.5 Å². The number of aromatic amines is 1. The van der Waals surface area contributed by atoms with E-state index in [1.807, 2.05) is 39.0 Å². The molecule has 94 valence electrons. The maximum absolute atomic E-state index is 11.8. The van der Waals surface area contributed by atoms with Crippen molar-refractivity contribution in [1.82, 2.24) is 9.97 Å². The highest BCUT2D eigenvalue weighted by Crippen LogP contribution is 2.23. The van der Waals surface area contributed by atoms with E-state index in [4.69, 9.17) is 0 Å². The van der Waals surface area contributed by atoms with Crippen molar-refractivity contribution < 1.29 is 5.11 Å². The van der Waals surface area contributed by atoms with E-state index in [2.05, 4.69) is 9.97 Å². The van der Waals surface area contributed by atoms with Crippen molar-refractivity contribution >= 4 is 17.1 Å². The number of rotatable bonds is 1. The van der Waals surface area contributed by atoms with Crippen LogP contribution in [-0.2, 0) is 0 Å². The van der Waals surface area contributed by atoms with E-state index in [-0.39, 0.29) is 17.0 Å². The van der Waals surface area contributed by atoms with Gasteiger partial charge in [-0.05, 0) is 12.1 Å². The van der Waals surface area contributed by atoms with Crippen LogP contribution in [0.4, 0.5) is 0 Å². The summed E-state index contributed by atoms with van der Waals surface area (Å²) in [4.78, 5) is 18.8. The summed E-state index contributed by atoms with van der Waals surface area (Å²) in [5.74, 6) is 0.135. The van der Waals surface area contributed by atoms with Gasteiger partial charge in [-0.3, -0.25) is 4.79 Å². The molecule has 4 heteroatoms. The van der Waals surface area contributed by atoms with Crippen LogP contribution in [-0.4, -0.2) is 15.1 Å². The quantitative estimate of drug-likeness (QED) is 0.758. The van der Waals surface area contributed by atoms with Crippen LogP contribution >= 0.6 is 0 Å². The highest BCUT2D eigenvalue weighted by Gasteiger charge is 2.16. The molecule has 0 aliphatic heterocycles. The molecule has 1 heterocycles. The number of para-hydroxylation sites is 2. The highest BCUT2D eigenvalue weighted by molar-refractivity contribution is 5.74. The average Bonchev–Trinajstić information content (AvgIpc) is 2.28. The Labute approximate surface area is 105 Å². The molecule has 0 bridgehead atoms. The fraction of sp³-hybridized carbons (Fsp3) is 0.286. The van der Waals surface area contributed by atoms with Crippen LogP contribution in [0.15, 0.2) is 34.8 Å². The third kappa shape index (κ3) is 2.42. The third-order valence-electron chi connectivity index (χ3n) is 2.67. The Kier molecular flexibility index (Phi) is 2.95. The van der Waals surface area contributed by atoms with E-state index in [0.717, 1.165) is 0 Å². The molecule has 0 saturated carbocycles. The number of aliphatic hydroxyl groups is 1. The zero-order chi connectivity index (χ0) is 13.3. The second-order valence-electron chi connectivity index (χ2n) is 5.25. The topological polar surface area (TPSA) is 66.0 Å². The molecule has 0 saturated heterocycles. The molecule has 0 fully saturated rings. The molecular weight excluding hydrogens is 228 g/mol. The number of nitrogens with zero attached hydrogens (tertiary/aromatic N) is 1. The van der Waals surface area contributed by atoms with Crippen LogP contribution in [0.3, 0.4) is 0 Å². The number of H-pyrrole nitrogens is 1. The van der Waals surface area contributed by atoms with Crippen LogP contribution in [0.2, 0.25) is 0 Å². The molecule has 0 radical (unpaired) electrons. The fourth-order valence-corrected chi connectivity index (χ4v) is 1.49. The highest BCUT2D eigenvalue weighted by atomic mass is 16.3. The Morgan fingerprint density at radius 1 is 1.33 bits per heavy atom. The van der Waals surface area contributed by atoms with E-state index in [9.17, 15) is 9.90 Å². The predicted octanol–water partition coefficient (Wildman–Crippen LogP) is 2.87. The minimum atomic E-state index is -0.403. The molecule has 0 amide bonds. The molecule has 2 aromatic rings. The van der Waals surface area contributed by atoms with Gasteiger partial charge in [0.2, 0.25) is 0 Å². The summed E-state index contributed by atoms with van der Waals surface area (Å²) in [7, 11) is 0. The number of aromatic nitrogens is 2. The smallest absolute Gasteiger partial charge is 0.274 e. The average molecular weight is 244 g/mol. The van der Waals surface area contributed by atoms with Crippen molar-refractivity contribution in [2.75, 3.05) is 0 Å². The lowest BCUT2D eigenvalue weighted by Gasteiger charge is -2.16. The summed E-state index contributed by atoms with van der Waals surface area (Å²) in [6.07, 6.45) is 1.42. The van der Waals surface area contributed by atoms with Crippen LogP contribution in [0.25, 0.3) is 17.1 Å². The summed E-state index contributed by atoms with van der Waals surface area (Å²) >= 11 is 0. The maximum atomic E-state index is 11.8. The monoisotopic (exact) mass is 244 g/mol. The van der Waals surface area contributed by atoms with Crippen molar-refractivity contribution in [2.24, 2.45) is 5.41 Å². The molecule has 0 spiro atoms. The second kappa shape index (κ2) is 4.29. The van der Waals surface area contributed by atoms with Crippen molar-refractivity contribution in [3.05, 3.63) is 46.1 Å². The van der Waals surface area contributed by atoms with Gasteiger partial charge in [-0.25, -0.2) is 4.98 Å². The standard InChI is InChI=1S/C14H16N2O2/c1-14(2,3)12(17)8-11-13(18)16-10-7-5-4-6-9(10)15-11/h4-8,17H,1-3H3,(H,16,18)/b12-8-. The first-order valence-electron chi connectivity index (χ1n) is 5.78. The minimum Gasteiger partial charge on any atom is -0.512 e. The van der Waals surface area contributed by atoms with Crippen molar-refractivity contribution in [2.45, 2.75) is 20.8 Å². The molecule has 0 unspecified atom stereocenters. The largest absolute Gasteiger partial charge is 0.512 e. The van der Waals surface area contributed by atoms with E-state index < -0.39 is 5.41 Å². The van der Waals surface area contributed by atoms with Gasteiger partial charge in [0.15, 0.2) is 0 Å². The number of hydrogen-bond acceptors (Lipinski definition) is 3. The summed E-state index contributed by atoms with van der Waals surface area (Å²) in [6.45, 7) is 5.61. The number of hydrogen-bond donors (Lipinski definition) is 2. The second-order valence-corrected chi connectivity index (χ2v) is 5.25. The van der Waals surface area contributed by atoms with Crippen LogP contribution in [0, 0.1) is 5.41 Å². The van der Waals surface area contributed by atoms with Gasteiger partial charge in [0.05, 0.1) is 16.8 Å². The maximum Gasteiger partial charge on any atom is 0.274 e. The molecular formula is C14H16N2O2. The fourth-order valence-electron chi connectivity index (χ4n) is 1.49. The molecule has 0 aliphatic rings. The van der Waals surface area contributed by atoms with E-state index in [1.54, 1.807) is 6.07 Å². The summed E-state index contributed by atoms with van der Waals surface area (Å²) in [6, 6.07) is 7.30. The van der Waals surface area contributed by atoms with E-state index >= 15 is 0 Å². The van der Waals surface area contributed by atoms with Gasteiger partial charge in [-0.15, -0.1) is 0 Å². The number of benzene rings is 1. The molecule has 2 rings (SSSR count). The van der Waals surface area contributed by atoms with Crippen LogP contribution < -0.4 is 5.56 Å². The van der Waals surface area contributed by atoms with Crippen molar-refractivity contribution in [1.29, 1.82) is 0 Å². The van der Waals surface area contributed by atoms with Gasteiger partial charge < -0.3 is 10.1 Å². The van der Waals surface area contributed by atoms with Crippen LogP contribution in [0.5, 0.6) is 0 Å². The minimum absolute atomic E-state index is 0.135. The van der Waals surface area contributed by atoms with Crippen molar-refractivity contribution in [3.8, 4) is 0 Å². The van der Waals surface area contributed by atoms with E-state index in [0.29, 0.717) is 11.0 Å². The zero-order valence-corrected chi connectivity index (χ0v) is 10.7.